The molecule has 2 aliphatic heterocycles. The number of hydrogen-bond donors (Lipinski definition) is 0. The van der Waals surface area contributed by atoms with E-state index in [4.69, 9.17) is 0 Å². The van der Waals surface area contributed by atoms with E-state index in [2.05, 4.69) is 136 Å². The molecule has 0 spiro atoms. The molecule has 2 saturated heterocycles. The van der Waals surface area contributed by atoms with Gasteiger partial charge in [-0.25, -0.2) is 0 Å². The molecule has 0 nitrogen and oxygen atoms in total. The maximum Gasteiger partial charge on any atom is 0.0776 e. The molecular formula is C37H40Si3. The normalized spacial score (nSPS) is 28.8. The van der Waals surface area contributed by atoms with Crippen LogP contribution in [0.4, 0.5) is 0 Å². The van der Waals surface area contributed by atoms with Gasteiger partial charge in [-0.15, -0.1) is 0 Å². The lowest BCUT2D eigenvalue weighted by Crippen LogP contribution is -2.39. The minimum atomic E-state index is -1.35. The van der Waals surface area contributed by atoms with Crippen molar-refractivity contribution < 1.29 is 0 Å². The Hall–Kier alpha value is -2.47. The van der Waals surface area contributed by atoms with Crippen LogP contribution in [0.2, 0.25) is 30.7 Å². The van der Waals surface area contributed by atoms with Gasteiger partial charge in [0.25, 0.3) is 0 Å². The van der Waals surface area contributed by atoms with Crippen molar-refractivity contribution in [1.82, 2.24) is 0 Å². The summed E-state index contributed by atoms with van der Waals surface area (Å²) in [4.78, 5) is 0. The molecule has 7 rings (SSSR count). The number of hydrogen-bond acceptors (Lipinski definition) is 0. The zero-order chi connectivity index (χ0) is 27.5. The Morgan fingerprint density at radius 2 is 1.10 bits per heavy atom. The Bertz CT molecular complexity index is 1450. The summed E-state index contributed by atoms with van der Waals surface area (Å²) >= 11 is 0. The first-order valence-corrected chi connectivity index (χ1v) is 21.0. The molecule has 1 saturated carbocycles. The molecule has 0 N–H and O–H groups in total. The fourth-order valence-electron chi connectivity index (χ4n) is 8.58. The smallest absolute Gasteiger partial charge is 0.0656 e. The van der Waals surface area contributed by atoms with Gasteiger partial charge >= 0.3 is 0 Å². The van der Waals surface area contributed by atoms with Crippen molar-refractivity contribution in [2.75, 3.05) is 0 Å². The van der Waals surface area contributed by atoms with Gasteiger partial charge in [-0.05, 0) is 76.0 Å². The summed E-state index contributed by atoms with van der Waals surface area (Å²) in [7, 11) is 0.709. The summed E-state index contributed by atoms with van der Waals surface area (Å²) in [5.41, 5.74) is 10.9. The van der Waals surface area contributed by atoms with Crippen LogP contribution in [0.5, 0.6) is 0 Å². The van der Waals surface area contributed by atoms with Gasteiger partial charge in [0.1, 0.15) is 0 Å². The van der Waals surface area contributed by atoms with Crippen LogP contribution in [0.15, 0.2) is 109 Å². The topological polar surface area (TPSA) is 0 Å². The maximum atomic E-state index is 2.61. The Balaban J connectivity index is 1.36. The minimum absolute atomic E-state index is 0.0988. The molecule has 3 aliphatic rings. The third kappa shape index (κ3) is 4.28. The van der Waals surface area contributed by atoms with E-state index in [0.29, 0.717) is 22.9 Å². The van der Waals surface area contributed by atoms with Crippen molar-refractivity contribution in [1.29, 1.82) is 0 Å². The van der Waals surface area contributed by atoms with Crippen LogP contribution in [-0.4, -0.2) is 27.1 Å². The fourth-order valence-corrected chi connectivity index (χ4v) is 14.9. The van der Waals surface area contributed by atoms with Gasteiger partial charge in [-0.2, -0.15) is 0 Å². The number of benzene rings is 4. The number of aryl methyl sites for hydroxylation is 1. The first kappa shape index (κ1) is 26.4. The van der Waals surface area contributed by atoms with E-state index >= 15 is 0 Å². The summed E-state index contributed by atoms with van der Waals surface area (Å²) in [6, 6.07) is 42.7. The Kier molecular flexibility index (Phi) is 6.68. The van der Waals surface area contributed by atoms with E-state index in [1.807, 2.05) is 0 Å². The van der Waals surface area contributed by atoms with Crippen molar-refractivity contribution in [3.8, 4) is 0 Å². The SMILES string of the molecule is Cc1cccc(C2CC3C([Si]2)C2[Si]C(c4cccc([Si](C)(C)C)c4)CC2C3(c2ccccc2)c2ccccc2)c1. The molecule has 200 valence electrons. The molecule has 4 aromatic carbocycles. The summed E-state index contributed by atoms with van der Waals surface area (Å²) in [6.07, 6.45) is 2.65. The highest BCUT2D eigenvalue weighted by atomic mass is 28.3. The first-order valence-electron chi connectivity index (χ1n) is 15.2. The van der Waals surface area contributed by atoms with E-state index in [0.717, 1.165) is 30.1 Å². The summed E-state index contributed by atoms with van der Waals surface area (Å²) in [5, 5.41) is 1.62. The number of rotatable bonds is 5. The molecule has 0 aromatic heterocycles. The molecule has 2 heterocycles. The highest BCUT2D eigenvalue weighted by Gasteiger charge is 2.66. The fraction of sp³-hybridized carbons (Fsp3) is 0.351. The Labute approximate surface area is 247 Å². The third-order valence-corrected chi connectivity index (χ3v) is 16.9. The van der Waals surface area contributed by atoms with Gasteiger partial charge in [-0.1, -0.05) is 140 Å². The van der Waals surface area contributed by atoms with Crippen LogP contribution in [0.25, 0.3) is 0 Å². The van der Waals surface area contributed by atoms with Gasteiger partial charge in [0.2, 0.25) is 0 Å². The summed E-state index contributed by atoms with van der Waals surface area (Å²) in [6.45, 7) is 9.73. The maximum absolute atomic E-state index is 2.61. The van der Waals surface area contributed by atoms with Gasteiger partial charge in [0.05, 0.1) is 27.1 Å². The third-order valence-electron chi connectivity index (χ3n) is 10.3. The van der Waals surface area contributed by atoms with Gasteiger partial charge in [0.15, 0.2) is 0 Å². The van der Waals surface area contributed by atoms with Crippen LogP contribution in [-0.2, 0) is 5.41 Å². The van der Waals surface area contributed by atoms with Crippen LogP contribution >= 0.6 is 0 Å². The lowest BCUT2D eigenvalue weighted by Gasteiger charge is -2.42. The molecule has 0 bridgehead atoms. The molecule has 1 aliphatic carbocycles. The number of fused-ring (bicyclic) bond motifs is 3. The summed E-state index contributed by atoms with van der Waals surface area (Å²) in [5.74, 6) is 1.41. The largest absolute Gasteiger partial charge is 0.0776 e. The molecule has 0 amide bonds. The average molecular weight is 569 g/mol. The highest BCUT2D eigenvalue weighted by molar-refractivity contribution is 6.88. The molecule has 4 aromatic rings. The Morgan fingerprint density at radius 3 is 1.60 bits per heavy atom. The zero-order valence-corrected chi connectivity index (χ0v) is 27.3. The predicted octanol–water partition coefficient (Wildman–Crippen LogP) is 8.35. The van der Waals surface area contributed by atoms with Crippen LogP contribution in [0.1, 0.15) is 51.7 Å². The van der Waals surface area contributed by atoms with Crippen LogP contribution in [0.3, 0.4) is 0 Å². The standard InChI is InChI=1S/C37H40Si3/c1-25-13-11-14-26(21-25)33-23-31-35(38-33)36-32(24-34(39-36)27-15-12-20-30(22-27)40(2,3)4)37(31,28-16-7-5-8-17-28)29-18-9-6-10-19-29/h5-22,31-36H,23-24H2,1-4H3. The van der Waals surface area contributed by atoms with Crippen LogP contribution < -0.4 is 5.19 Å². The predicted molar refractivity (Wildman–Crippen MR) is 175 cm³/mol. The van der Waals surface area contributed by atoms with E-state index in [9.17, 15) is 0 Å². The molecule has 6 atom stereocenters. The molecule has 40 heavy (non-hydrogen) atoms. The van der Waals surface area contributed by atoms with Crippen molar-refractivity contribution >= 4 is 32.3 Å². The molecular weight excluding hydrogens is 529 g/mol. The van der Waals surface area contributed by atoms with Crippen molar-refractivity contribution in [3.05, 3.63) is 137 Å². The van der Waals surface area contributed by atoms with E-state index in [-0.39, 0.29) is 5.41 Å². The molecule has 3 heteroatoms. The Morgan fingerprint density at radius 1 is 0.600 bits per heavy atom. The highest BCUT2D eigenvalue weighted by Crippen LogP contribution is 2.72. The second kappa shape index (κ2) is 10.1. The van der Waals surface area contributed by atoms with Crippen molar-refractivity contribution in [3.63, 3.8) is 0 Å². The van der Waals surface area contributed by atoms with Gasteiger partial charge in [-0.3, -0.25) is 0 Å². The molecule has 3 fully saturated rings. The van der Waals surface area contributed by atoms with E-state index in [1.54, 1.807) is 27.4 Å². The average Bonchev–Trinajstić information content (AvgIpc) is 3.65. The minimum Gasteiger partial charge on any atom is -0.0656 e. The second-order valence-corrected chi connectivity index (χ2v) is 22.0. The summed E-state index contributed by atoms with van der Waals surface area (Å²) < 4.78 is 0. The lowest BCUT2D eigenvalue weighted by molar-refractivity contribution is 0.282. The monoisotopic (exact) mass is 568 g/mol. The van der Waals surface area contributed by atoms with E-state index in [1.165, 1.54) is 18.4 Å². The lowest BCUT2D eigenvalue weighted by atomic mass is 9.61. The molecule has 4 radical (unpaired) electrons. The molecule has 6 unspecified atom stereocenters. The van der Waals surface area contributed by atoms with Crippen LogP contribution in [0, 0.1) is 18.8 Å². The van der Waals surface area contributed by atoms with Crippen molar-refractivity contribution in [2.45, 2.75) is 67.0 Å². The zero-order valence-electron chi connectivity index (χ0n) is 24.3. The van der Waals surface area contributed by atoms with E-state index < -0.39 is 8.07 Å². The van der Waals surface area contributed by atoms with Gasteiger partial charge in [0, 0.05) is 5.41 Å². The quantitative estimate of drug-likeness (QED) is 0.212. The first-order chi connectivity index (χ1) is 19.4. The van der Waals surface area contributed by atoms with Crippen molar-refractivity contribution in [2.24, 2.45) is 11.8 Å². The second-order valence-electron chi connectivity index (χ2n) is 13.6. The van der Waals surface area contributed by atoms with Gasteiger partial charge < -0.3 is 0 Å².